The van der Waals surface area contributed by atoms with Gasteiger partial charge >= 0.3 is 0 Å². The summed E-state index contributed by atoms with van der Waals surface area (Å²) in [5, 5.41) is 0. The zero-order valence-electron chi connectivity index (χ0n) is 12.4. The smallest absolute Gasteiger partial charge is 0.259 e. The quantitative estimate of drug-likeness (QED) is 0.848. The summed E-state index contributed by atoms with van der Waals surface area (Å²) in [6, 6.07) is 13.4. The Kier molecular flexibility index (Phi) is 4.18. The molecular weight excluding hydrogens is 248 g/mol. The lowest BCUT2D eigenvalue weighted by atomic mass is 10.0. The van der Waals surface area contributed by atoms with E-state index in [1.807, 2.05) is 49.4 Å². The second-order valence-corrected chi connectivity index (χ2v) is 5.28. The van der Waals surface area contributed by atoms with Crippen LogP contribution in [0.5, 0.6) is 0 Å². The topological polar surface area (TPSA) is 33.2 Å². The molecule has 0 fully saturated rings. The number of hydrogen-bond donors (Lipinski definition) is 0. The van der Waals surface area contributed by atoms with Gasteiger partial charge in [0.2, 0.25) is 0 Å². The highest BCUT2D eigenvalue weighted by atomic mass is 16.2. The Morgan fingerprint density at radius 2 is 1.75 bits per heavy atom. The summed E-state index contributed by atoms with van der Waals surface area (Å²) >= 11 is 0. The van der Waals surface area contributed by atoms with Crippen molar-refractivity contribution in [3.63, 3.8) is 0 Å². The minimum Gasteiger partial charge on any atom is -0.296 e. The van der Waals surface area contributed by atoms with Gasteiger partial charge in [0.15, 0.2) is 0 Å². The molecule has 3 nitrogen and oxygen atoms in total. The van der Waals surface area contributed by atoms with Crippen molar-refractivity contribution in [3.05, 3.63) is 59.3 Å². The molecule has 0 unspecified atom stereocenters. The van der Waals surface area contributed by atoms with Crippen molar-refractivity contribution in [1.82, 2.24) is 4.98 Å². The van der Waals surface area contributed by atoms with Crippen molar-refractivity contribution >= 4 is 11.7 Å². The van der Waals surface area contributed by atoms with Gasteiger partial charge in [-0.25, -0.2) is 4.98 Å². The van der Waals surface area contributed by atoms with Gasteiger partial charge in [0.1, 0.15) is 5.82 Å². The van der Waals surface area contributed by atoms with Gasteiger partial charge in [-0.3, -0.25) is 9.69 Å². The molecule has 1 amide bonds. The number of amides is 1. The van der Waals surface area contributed by atoms with Crippen LogP contribution in [0, 0.1) is 6.92 Å². The second-order valence-electron chi connectivity index (χ2n) is 5.28. The molecule has 0 aliphatic rings. The van der Waals surface area contributed by atoms with Gasteiger partial charge < -0.3 is 0 Å². The number of aromatic nitrogens is 1. The predicted octanol–water partition coefficient (Wildman–Crippen LogP) is 3.79. The third kappa shape index (κ3) is 3.05. The number of hydrogen-bond acceptors (Lipinski definition) is 2. The number of anilines is 1. The van der Waals surface area contributed by atoms with Crippen LogP contribution in [-0.4, -0.2) is 17.9 Å². The van der Waals surface area contributed by atoms with Gasteiger partial charge in [0, 0.05) is 18.3 Å². The van der Waals surface area contributed by atoms with Gasteiger partial charge in [-0.15, -0.1) is 0 Å². The first-order chi connectivity index (χ1) is 9.49. The summed E-state index contributed by atoms with van der Waals surface area (Å²) in [7, 11) is 1.75. The van der Waals surface area contributed by atoms with Gasteiger partial charge in [-0.2, -0.15) is 0 Å². The van der Waals surface area contributed by atoms with Crippen LogP contribution < -0.4 is 4.90 Å². The summed E-state index contributed by atoms with van der Waals surface area (Å²) in [6.45, 7) is 6.19. The van der Waals surface area contributed by atoms with Crippen LogP contribution >= 0.6 is 0 Å². The molecule has 0 saturated carbocycles. The van der Waals surface area contributed by atoms with Gasteiger partial charge in [0.05, 0.1) is 0 Å². The van der Waals surface area contributed by atoms with E-state index in [1.54, 1.807) is 11.9 Å². The summed E-state index contributed by atoms with van der Waals surface area (Å²) in [4.78, 5) is 18.4. The lowest BCUT2D eigenvalue weighted by Crippen LogP contribution is -2.27. The summed E-state index contributed by atoms with van der Waals surface area (Å²) in [6.07, 6.45) is 0. The van der Waals surface area contributed by atoms with E-state index < -0.39 is 0 Å². The Morgan fingerprint density at radius 3 is 2.30 bits per heavy atom. The molecule has 1 heterocycles. The van der Waals surface area contributed by atoms with E-state index in [-0.39, 0.29) is 5.91 Å². The lowest BCUT2D eigenvalue weighted by molar-refractivity contribution is 0.0992. The molecule has 104 valence electrons. The molecule has 2 aromatic rings. The highest BCUT2D eigenvalue weighted by Gasteiger charge is 2.14. The van der Waals surface area contributed by atoms with Gasteiger partial charge in [0.25, 0.3) is 5.91 Å². The fourth-order valence-corrected chi connectivity index (χ4v) is 2.02. The SMILES string of the molecule is Cc1cccc(N(C)C(=O)c2ccc(C(C)C)cc2)n1. The first-order valence-electron chi connectivity index (χ1n) is 6.80. The minimum absolute atomic E-state index is 0.0431. The van der Waals surface area contributed by atoms with E-state index in [0.29, 0.717) is 17.3 Å². The molecule has 1 aromatic carbocycles. The standard InChI is InChI=1S/C17H20N2O/c1-12(2)14-8-10-15(11-9-14)17(20)19(4)16-7-5-6-13(3)18-16/h5-12H,1-4H3. The van der Waals surface area contributed by atoms with E-state index in [2.05, 4.69) is 18.8 Å². The molecule has 0 spiro atoms. The summed E-state index contributed by atoms with van der Waals surface area (Å²) in [5.74, 6) is 1.09. The second kappa shape index (κ2) is 5.87. The zero-order chi connectivity index (χ0) is 14.7. The molecule has 20 heavy (non-hydrogen) atoms. The molecule has 0 aliphatic heterocycles. The summed E-state index contributed by atoms with van der Waals surface area (Å²) < 4.78 is 0. The van der Waals surface area contributed by atoms with Gasteiger partial charge in [-0.05, 0) is 42.7 Å². The van der Waals surface area contributed by atoms with Gasteiger partial charge in [-0.1, -0.05) is 32.0 Å². The van der Waals surface area contributed by atoms with E-state index in [9.17, 15) is 4.79 Å². The molecule has 0 aliphatic carbocycles. The Bertz CT molecular complexity index is 603. The van der Waals surface area contributed by atoms with Crippen LogP contribution in [-0.2, 0) is 0 Å². The Balaban J connectivity index is 2.22. The Labute approximate surface area is 120 Å². The molecule has 0 atom stereocenters. The molecular formula is C17H20N2O. The maximum Gasteiger partial charge on any atom is 0.259 e. The predicted molar refractivity (Wildman–Crippen MR) is 82.2 cm³/mol. The normalized spacial score (nSPS) is 10.7. The average Bonchev–Trinajstić information content (AvgIpc) is 2.46. The zero-order valence-corrected chi connectivity index (χ0v) is 12.4. The first-order valence-corrected chi connectivity index (χ1v) is 6.80. The maximum absolute atomic E-state index is 12.4. The maximum atomic E-state index is 12.4. The van der Waals surface area contributed by atoms with E-state index in [1.165, 1.54) is 5.56 Å². The Hall–Kier alpha value is -2.16. The molecule has 0 bridgehead atoms. The number of pyridine rings is 1. The van der Waals surface area contributed by atoms with Crippen LogP contribution in [0.2, 0.25) is 0 Å². The third-order valence-electron chi connectivity index (χ3n) is 3.35. The van der Waals surface area contributed by atoms with E-state index in [4.69, 9.17) is 0 Å². The highest BCUT2D eigenvalue weighted by Crippen LogP contribution is 2.17. The van der Waals surface area contributed by atoms with E-state index >= 15 is 0 Å². The monoisotopic (exact) mass is 268 g/mol. The number of benzene rings is 1. The molecule has 0 radical (unpaired) electrons. The average molecular weight is 268 g/mol. The molecule has 0 N–H and O–H groups in total. The van der Waals surface area contributed by atoms with Crippen LogP contribution in [0.1, 0.15) is 41.4 Å². The van der Waals surface area contributed by atoms with Crippen molar-refractivity contribution in [2.45, 2.75) is 26.7 Å². The van der Waals surface area contributed by atoms with Crippen LogP contribution in [0.3, 0.4) is 0 Å². The molecule has 0 saturated heterocycles. The number of carbonyl (C=O) groups is 1. The molecule has 3 heteroatoms. The fraction of sp³-hybridized carbons (Fsp3) is 0.294. The number of carbonyl (C=O) groups excluding carboxylic acids is 1. The van der Waals surface area contributed by atoms with Crippen molar-refractivity contribution in [2.24, 2.45) is 0 Å². The Morgan fingerprint density at radius 1 is 1.10 bits per heavy atom. The van der Waals surface area contributed by atoms with Crippen molar-refractivity contribution < 1.29 is 4.79 Å². The number of rotatable bonds is 3. The molecule has 1 aromatic heterocycles. The van der Waals surface area contributed by atoms with Crippen molar-refractivity contribution in [1.29, 1.82) is 0 Å². The van der Waals surface area contributed by atoms with Crippen LogP contribution in [0.4, 0.5) is 5.82 Å². The first kappa shape index (κ1) is 14.3. The van der Waals surface area contributed by atoms with Crippen LogP contribution in [0.25, 0.3) is 0 Å². The number of aryl methyl sites for hydroxylation is 1. The number of nitrogens with zero attached hydrogens (tertiary/aromatic N) is 2. The van der Waals surface area contributed by atoms with Crippen LogP contribution in [0.15, 0.2) is 42.5 Å². The van der Waals surface area contributed by atoms with Crippen molar-refractivity contribution in [3.8, 4) is 0 Å². The molecule has 2 rings (SSSR count). The highest BCUT2D eigenvalue weighted by molar-refractivity contribution is 6.05. The largest absolute Gasteiger partial charge is 0.296 e. The lowest BCUT2D eigenvalue weighted by Gasteiger charge is -2.17. The minimum atomic E-state index is -0.0431. The fourth-order valence-electron chi connectivity index (χ4n) is 2.02. The third-order valence-corrected chi connectivity index (χ3v) is 3.35. The van der Waals surface area contributed by atoms with E-state index in [0.717, 1.165) is 5.69 Å². The van der Waals surface area contributed by atoms with Crippen molar-refractivity contribution in [2.75, 3.05) is 11.9 Å². The summed E-state index contributed by atoms with van der Waals surface area (Å²) in [5.41, 5.74) is 2.82.